The molecular formula is C13H10N2O4S2. The van der Waals surface area contributed by atoms with Crippen molar-refractivity contribution < 1.29 is 19.4 Å². The third-order valence-electron chi connectivity index (χ3n) is 3.07. The van der Waals surface area contributed by atoms with Crippen LogP contribution in [0.15, 0.2) is 35.1 Å². The molecule has 2 heterocycles. The molecule has 3 rings (SSSR count). The second kappa shape index (κ2) is 5.05. The fourth-order valence-electron chi connectivity index (χ4n) is 2.10. The van der Waals surface area contributed by atoms with Crippen LogP contribution < -0.4 is 9.64 Å². The summed E-state index contributed by atoms with van der Waals surface area (Å²) in [6, 6.07) is 7.39. The van der Waals surface area contributed by atoms with Crippen molar-refractivity contribution in [2.24, 2.45) is 0 Å². The van der Waals surface area contributed by atoms with Crippen LogP contribution in [0.1, 0.15) is 0 Å². The highest BCUT2D eigenvalue weighted by atomic mass is 32.2. The van der Waals surface area contributed by atoms with Gasteiger partial charge < -0.3 is 14.7 Å². The molecule has 1 aromatic carbocycles. The maximum Gasteiger partial charge on any atom is 0.323 e. The normalized spacial score (nSPS) is 20.8. The van der Waals surface area contributed by atoms with E-state index < -0.39 is 18.4 Å². The molecule has 0 aliphatic carbocycles. The van der Waals surface area contributed by atoms with Crippen molar-refractivity contribution in [2.75, 3.05) is 18.5 Å². The van der Waals surface area contributed by atoms with Crippen molar-refractivity contribution in [2.45, 2.75) is 0 Å². The number of hydrogen-bond acceptors (Lipinski definition) is 6. The van der Waals surface area contributed by atoms with Gasteiger partial charge in [0.2, 0.25) is 5.88 Å². The van der Waals surface area contributed by atoms with Gasteiger partial charge >= 0.3 is 5.97 Å². The summed E-state index contributed by atoms with van der Waals surface area (Å²) in [5, 5.41) is 8.83. The number of para-hydroxylation sites is 2. The van der Waals surface area contributed by atoms with E-state index in [1.54, 1.807) is 18.0 Å². The van der Waals surface area contributed by atoms with E-state index in [9.17, 15) is 9.59 Å². The average molecular weight is 322 g/mol. The Kier molecular flexibility index (Phi) is 3.34. The Morgan fingerprint density at radius 2 is 2.14 bits per heavy atom. The molecule has 0 saturated carbocycles. The Hall–Kier alpha value is -2.06. The van der Waals surface area contributed by atoms with Gasteiger partial charge in [0.1, 0.15) is 15.8 Å². The zero-order valence-corrected chi connectivity index (χ0v) is 12.5. The smallest absolute Gasteiger partial charge is 0.323 e. The molecular weight excluding hydrogens is 312 g/mol. The van der Waals surface area contributed by atoms with Gasteiger partial charge in [0.05, 0.1) is 5.69 Å². The van der Waals surface area contributed by atoms with Crippen LogP contribution in [0.5, 0.6) is 5.75 Å². The lowest BCUT2D eigenvalue weighted by molar-refractivity contribution is -0.140. The van der Waals surface area contributed by atoms with Crippen LogP contribution in [0, 0.1) is 0 Å². The van der Waals surface area contributed by atoms with Gasteiger partial charge in [-0.25, -0.2) is 0 Å². The van der Waals surface area contributed by atoms with Gasteiger partial charge in [0, 0.05) is 7.05 Å². The van der Waals surface area contributed by atoms with Gasteiger partial charge in [-0.3, -0.25) is 14.5 Å². The average Bonchev–Trinajstić information content (AvgIpc) is 2.91. The maximum absolute atomic E-state index is 12.3. The number of carbonyl (C=O) groups is 2. The topological polar surface area (TPSA) is 70.1 Å². The number of hydrogen-bond donors (Lipinski definition) is 1. The molecule has 108 valence electrons. The van der Waals surface area contributed by atoms with E-state index in [1.807, 2.05) is 18.2 Å². The quantitative estimate of drug-likeness (QED) is 0.655. The summed E-state index contributed by atoms with van der Waals surface area (Å²) in [7, 11) is 1.78. The zero-order valence-electron chi connectivity index (χ0n) is 10.9. The summed E-state index contributed by atoms with van der Waals surface area (Å²) in [5.74, 6) is -0.525. The summed E-state index contributed by atoms with van der Waals surface area (Å²) >= 11 is 6.12. The molecule has 2 aliphatic heterocycles. The number of benzene rings is 1. The fourth-order valence-corrected chi connectivity index (χ4v) is 3.39. The predicted molar refractivity (Wildman–Crippen MR) is 82.0 cm³/mol. The van der Waals surface area contributed by atoms with Crippen molar-refractivity contribution in [1.29, 1.82) is 0 Å². The lowest BCUT2D eigenvalue weighted by Gasteiger charge is -2.13. The molecule has 21 heavy (non-hydrogen) atoms. The monoisotopic (exact) mass is 322 g/mol. The molecule has 2 aliphatic rings. The fraction of sp³-hybridized carbons (Fsp3) is 0.154. The molecule has 8 heteroatoms. The summed E-state index contributed by atoms with van der Waals surface area (Å²) in [6.45, 7) is -0.446. The maximum atomic E-state index is 12.3. The first-order valence-electron chi connectivity index (χ1n) is 5.99. The Labute approximate surface area is 130 Å². The molecule has 0 atom stereocenters. The Morgan fingerprint density at radius 1 is 1.43 bits per heavy atom. The lowest BCUT2D eigenvalue weighted by atomic mass is 10.3. The Morgan fingerprint density at radius 3 is 2.81 bits per heavy atom. The van der Waals surface area contributed by atoms with Crippen LogP contribution in [-0.4, -0.2) is 39.8 Å². The summed E-state index contributed by atoms with van der Waals surface area (Å²) in [5.41, 5.74) is 0.844. The minimum absolute atomic E-state index is 0.220. The number of ether oxygens (including phenoxy) is 1. The summed E-state index contributed by atoms with van der Waals surface area (Å²) < 4.78 is 5.93. The van der Waals surface area contributed by atoms with E-state index in [0.29, 0.717) is 16.5 Å². The SMILES string of the molecule is CN1/C(=C2/SC(=S)N(CC(=O)O)C2=O)Oc2ccccc21. The molecule has 0 spiro atoms. The highest BCUT2D eigenvalue weighted by Crippen LogP contribution is 2.43. The zero-order chi connectivity index (χ0) is 15.1. The molecule has 1 saturated heterocycles. The van der Waals surface area contributed by atoms with Crippen LogP contribution in [0.25, 0.3) is 0 Å². The van der Waals surface area contributed by atoms with Crippen LogP contribution in [0.4, 0.5) is 5.69 Å². The molecule has 0 bridgehead atoms. The molecule has 1 N–H and O–H groups in total. The minimum atomic E-state index is -1.11. The Bertz CT molecular complexity index is 701. The van der Waals surface area contributed by atoms with Gasteiger partial charge in [-0.15, -0.1) is 0 Å². The number of carbonyl (C=O) groups excluding carboxylic acids is 1. The van der Waals surface area contributed by atoms with Gasteiger partial charge in [0.25, 0.3) is 5.91 Å². The number of fused-ring (bicyclic) bond motifs is 1. The molecule has 6 nitrogen and oxygen atoms in total. The molecule has 0 aromatic heterocycles. The van der Waals surface area contributed by atoms with Gasteiger partial charge in [-0.2, -0.15) is 0 Å². The Balaban J connectivity index is 1.97. The number of carboxylic acids is 1. The molecule has 1 fully saturated rings. The number of rotatable bonds is 2. The number of thiocarbonyl (C=S) groups is 1. The standard InChI is InChI=1S/C13H10N2O4S2/c1-14-7-4-2-3-5-8(7)19-12(14)10-11(18)15(6-9(16)17)13(20)21-10/h2-5H,6H2,1H3,(H,16,17)/b12-10-. The number of thioether (sulfide) groups is 1. The lowest BCUT2D eigenvalue weighted by Crippen LogP contribution is -2.34. The second-order valence-corrected chi connectivity index (χ2v) is 6.06. The molecule has 1 amide bonds. The number of amides is 1. The van der Waals surface area contributed by atoms with Crippen molar-refractivity contribution in [3.63, 3.8) is 0 Å². The molecule has 0 radical (unpaired) electrons. The van der Waals surface area contributed by atoms with Gasteiger partial charge in [-0.05, 0) is 23.9 Å². The molecule has 1 aromatic rings. The summed E-state index contributed by atoms with van der Waals surface area (Å²) in [6.07, 6.45) is 0. The van der Waals surface area contributed by atoms with E-state index in [0.717, 1.165) is 22.3 Å². The highest BCUT2D eigenvalue weighted by molar-refractivity contribution is 8.26. The predicted octanol–water partition coefficient (Wildman–Crippen LogP) is 1.63. The third-order valence-corrected chi connectivity index (χ3v) is 4.49. The first-order valence-corrected chi connectivity index (χ1v) is 7.22. The summed E-state index contributed by atoms with van der Waals surface area (Å²) in [4.78, 5) is 26.2. The van der Waals surface area contributed by atoms with E-state index in [1.165, 1.54) is 0 Å². The van der Waals surface area contributed by atoms with Crippen LogP contribution >= 0.6 is 24.0 Å². The van der Waals surface area contributed by atoms with Crippen molar-refractivity contribution >= 4 is 45.9 Å². The van der Waals surface area contributed by atoms with Crippen LogP contribution in [0.3, 0.4) is 0 Å². The van der Waals surface area contributed by atoms with Crippen LogP contribution in [0.2, 0.25) is 0 Å². The van der Waals surface area contributed by atoms with Crippen molar-refractivity contribution in [3.8, 4) is 5.75 Å². The largest absolute Gasteiger partial charge is 0.480 e. The second-order valence-electron chi connectivity index (χ2n) is 4.42. The van der Waals surface area contributed by atoms with Gasteiger partial charge in [-0.1, -0.05) is 24.4 Å². The van der Waals surface area contributed by atoms with Gasteiger partial charge in [0.15, 0.2) is 5.75 Å². The van der Waals surface area contributed by atoms with E-state index in [2.05, 4.69) is 0 Å². The van der Waals surface area contributed by atoms with Crippen molar-refractivity contribution in [3.05, 3.63) is 35.1 Å². The first-order chi connectivity index (χ1) is 9.99. The minimum Gasteiger partial charge on any atom is -0.480 e. The van der Waals surface area contributed by atoms with Crippen LogP contribution in [-0.2, 0) is 9.59 Å². The number of anilines is 1. The van der Waals surface area contributed by atoms with E-state index >= 15 is 0 Å². The van der Waals surface area contributed by atoms with E-state index in [4.69, 9.17) is 22.1 Å². The highest BCUT2D eigenvalue weighted by Gasteiger charge is 2.39. The van der Waals surface area contributed by atoms with Crippen molar-refractivity contribution in [1.82, 2.24) is 4.90 Å². The number of aliphatic carboxylic acids is 1. The molecule has 0 unspecified atom stereocenters. The van der Waals surface area contributed by atoms with E-state index in [-0.39, 0.29) is 4.32 Å². The first kappa shape index (κ1) is 13.9. The number of nitrogens with zero attached hydrogens (tertiary/aromatic N) is 2. The number of carboxylic acid groups (broad SMARTS) is 1. The third kappa shape index (κ3) is 2.26.